The van der Waals surface area contributed by atoms with Crippen molar-refractivity contribution in [2.45, 2.75) is 0 Å². The summed E-state index contributed by atoms with van der Waals surface area (Å²) in [5.41, 5.74) is 6.17. The summed E-state index contributed by atoms with van der Waals surface area (Å²) >= 11 is 0. The fourth-order valence-electron chi connectivity index (χ4n) is 1.28. The number of nitro groups is 1. The predicted molar refractivity (Wildman–Crippen MR) is 62.9 cm³/mol. The zero-order valence-electron chi connectivity index (χ0n) is 8.79. The van der Waals surface area contributed by atoms with Crippen LogP contribution in [0.5, 0.6) is 11.5 Å². The smallest absolute Gasteiger partial charge is 0.269 e. The van der Waals surface area contributed by atoms with Crippen molar-refractivity contribution in [1.29, 1.82) is 0 Å². The lowest BCUT2D eigenvalue weighted by Crippen LogP contribution is -1.92. The molecule has 85 valence electrons. The Morgan fingerprint density at radius 1 is 1.24 bits per heavy atom. The minimum Gasteiger partial charge on any atom is -0.455 e. The van der Waals surface area contributed by atoms with Crippen LogP contribution in [0, 0.1) is 16.2 Å². The molecule has 0 spiro atoms. The van der Waals surface area contributed by atoms with Crippen molar-refractivity contribution in [3.63, 3.8) is 0 Å². The van der Waals surface area contributed by atoms with E-state index in [0.717, 1.165) is 0 Å². The van der Waals surface area contributed by atoms with Gasteiger partial charge in [0.25, 0.3) is 5.69 Å². The summed E-state index contributed by atoms with van der Waals surface area (Å²) in [6.45, 7) is 0. The number of nitrogen functional groups attached to an aromatic ring is 1. The first-order chi connectivity index (χ1) is 8.16. The molecule has 2 aromatic carbocycles. The van der Waals surface area contributed by atoms with E-state index < -0.39 is 4.92 Å². The highest BCUT2D eigenvalue weighted by atomic mass is 16.6. The van der Waals surface area contributed by atoms with Gasteiger partial charge in [0.15, 0.2) is 0 Å². The number of rotatable bonds is 3. The maximum atomic E-state index is 10.5. The number of hydrogen-bond donors (Lipinski definition) is 1. The molecule has 0 aliphatic carbocycles. The first-order valence-electron chi connectivity index (χ1n) is 4.85. The Morgan fingerprint density at radius 3 is 2.53 bits per heavy atom. The van der Waals surface area contributed by atoms with E-state index in [1.165, 1.54) is 24.3 Å². The molecule has 0 aliphatic heterocycles. The van der Waals surface area contributed by atoms with Crippen LogP contribution in [-0.2, 0) is 0 Å². The first-order valence-corrected chi connectivity index (χ1v) is 4.85. The summed E-state index contributed by atoms with van der Waals surface area (Å²) in [6, 6.07) is 13.6. The molecule has 5 nitrogen and oxygen atoms in total. The van der Waals surface area contributed by atoms with Gasteiger partial charge in [-0.15, -0.1) is 0 Å². The van der Waals surface area contributed by atoms with Gasteiger partial charge in [-0.2, -0.15) is 0 Å². The van der Waals surface area contributed by atoms with Crippen LogP contribution < -0.4 is 10.5 Å². The number of benzene rings is 2. The maximum Gasteiger partial charge on any atom is 0.269 e. The van der Waals surface area contributed by atoms with Gasteiger partial charge in [-0.3, -0.25) is 10.1 Å². The predicted octanol–water partition coefficient (Wildman–Crippen LogP) is 2.77. The Morgan fingerprint density at radius 2 is 1.94 bits per heavy atom. The normalized spacial score (nSPS) is 9.88. The zero-order chi connectivity index (χ0) is 12.3. The molecule has 0 heterocycles. The molecule has 0 fully saturated rings. The van der Waals surface area contributed by atoms with E-state index in [1.54, 1.807) is 18.2 Å². The van der Waals surface area contributed by atoms with Crippen molar-refractivity contribution >= 4 is 11.4 Å². The summed E-state index contributed by atoms with van der Waals surface area (Å²) in [4.78, 5) is 10.0. The number of nitro benzene ring substituents is 1. The molecule has 0 saturated heterocycles. The Balaban J connectivity index is 2.20. The number of nitrogens with two attached hydrogens (primary N) is 1. The first kappa shape index (κ1) is 10.9. The molecule has 2 aromatic rings. The van der Waals surface area contributed by atoms with Crippen molar-refractivity contribution in [1.82, 2.24) is 0 Å². The number of anilines is 1. The molecule has 0 unspecified atom stereocenters. The third-order valence-electron chi connectivity index (χ3n) is 2.13. The summed E-state index contributed by atoms with van der Waals surface area (Å²) in [5.74, 6) is 0.992. The number of nitrogens with zero attached hydrogens (tertiary/aromatic N) is 1. The largest absolute Gasteiger partial charge is 0.455 e. The Kier molecular flexibility index (Phi) is 2.91. The highest BCUT2D eigenvalue weighted by Crippen LogP contribution is 2.27. The summed E-state index contributed by atoms with van der Waals surface area (Å²) in [5, 5.41) is 10.5. The lowest BCUT2D eigenvalue weighted by Gasteiger charge is -2.07. The van der Waals surface area contributed by atoms with E-state index in [4.69, 9.17) is 10.5 Å². The summed E-state index contributed by atoms with van der Waals surface area (Å²) in [7, 11) is 0. The molecule has 0 bridgehead atoms. The van der Waals surface area contributed by atoms with Gasteiger partial charge in [-0.05, 0) is 30.3 Å². The molecule has 0 atom stereocenters. The van der Waals surface area contributed by atoms with E-state index in [9.17, 15) is 10.1 Å². The molecular weight excluding hydrogens is 220 g/mol. The van der Waals surface area contributed by atoms with Crippen molar-refractivity contribution in [3.8, 4) is 11.5 Å². The lowest BCUT2D eigenvalue weighted by atomic mass is 10.3. The number of ether oxygens (including phenoxy) is 1. The van der Waals surface area contributed by atoms with Crippen molar-refractivity contribution < 1.29 is 9.66 Å². The van der Waals surface area contributed by atoms with Crippen LogP contribution >= 0.6 is 0 Å². The van der Waals surface area contributed by atoms with Crippen molar-refractivity contribution in [2.75, 3.05) is 5.73 Å². The SMILES string of the molecule is Nc1c[c]ccc1Oc1ccc([N+](=O)[O-])cc1. The van der Waals surface area contributed by atoms with Crippen LogP contribution in [-0.4, -0.2) is 4.92 Å². The second-order valence-electron chi connectivity index (χ2n) is 3.32. The van der Waals surface area contributed by atoms with Crippen LogP contribution in [0.1, 0.15) is 0 Å². The minimum atomic E-state index is -0.463. The van der Waals surface area contributed by atoms with Crippen molar-refractivity contribution in [3.05, 3.63) is 58.6 Å². The fourth-order valence-corrected chi connectivity index (χ4v) is 1.28. The molecule has 0 saturated carbocycles. The molecule has 5 heteroatoms. The van der Waals surface area contributed by atoms with Crippen LogP contribution in [0.4, 0.5) is 11.4 Å². The molecule has 1 radical (unpaired) electrons. The van der Waals surface area contributed by atoms with Gasteiger partial charge in [0.1, 0.15) is 11.5 Å². The van der Waals surface area contributed by atoms with E-state index in [1.807, 2.05) is 0 Å². The topological polar surface area (TPSA) is 78.4 Å². The fraction of sp³-hybridized carbons (Fsp3) is 0. The maximum absolute atomic E-state index is 10.5. The van der Waals surface area contributed by atoms with Gasteiger partial charge in [-0.1, -0.05) is 6.07 Å². The Bertz CT molecular complexity index is 538. The Labute approximate surface area is 97.6 Å². The van der Waals surface area contributed by atoms with E-state index >= 15 is 0 Å². The van der Waals surface area contributed by atoms with Gasteiger partial charge in [0.2, 0.25) is 0 Å². The standard InChI is InChI=1S/C12H9N2O3/c13-11-3-1-2-4-12(11)17-10-7-5-9(6-8-10)14(15)16/h2-8H,13H2. The molecule has 0 aliphatic rings. The second-order valence-corrected chi connectivity index (χ2v) is 3.32. The lowest BCUT2D eigenvalue weighted by molar-refractivity contribution is -0.384. The van der Waals surface area contributed by atoms with Gasteiger partial charge >= 0.3 is 0 Å². The van der Waals surface area contributed by atoms with Gasteiger partial charge in [-0.25, -0.2) is 0 Å². The quantitative estimate of drug-likeness (QED) is 0.498. The van der Waals surface area contributed by atoms with Gasteiger partial charge in [0.05, 0.1) is 10.6 Å². The second kappa shape index (κ2) is 4.52. The van der Waals surface area contributed by atoms with E-state index in [-0.39, 0.29) is 5.69 Å². The average Bonchev–Trinajstić information content (AvgIpc) is 2.33. The van der Waals surface area contributed by atoms with E-state index in [2.05, 4.69) is 6.07 Å². The zero-order valence-corrected chi connectivity index (χ0v) is 8.79. The molecule has 0 amide bonds. The summed E-state index contributed by atoms with van der Waals surface area (Å²) < 4.78 is 5.48. The van der Waals surface area contributed by atoms with Crippen molar-refractivity contribution in [2.24, 2.45) is 0 Å². The van der Waals surface area contributed by atoms with Crippen LogP contribution in [0.15, 0.2) is 42.5 Å². The highest BCUT2D eigenvalue weighted by Gasteiger charge is 2.05. The monoisotopic (exact) mass is 229 g/mol. The average molecular weight is 229 g/mol. The minimum absolute atomic E-state index is 0.0201. The van der Waals surface area contributed by atoms with Crippen LogP contribution in [0.3, 0.4) is 0 Å². The third kappa shape index (κ3) is 2.52. The van der Waals surface area contributed by atoms with Gasteiger partial charge in [0, 0.05) is 12.1 Å². The van der Waals surface area contributed by atoms with Crippen LogP contribution in [0.2, 0.25) is 0 Å². The van der Waals surface area contributed by atoms with Gasteiger partial charge < -0.3 is 10.5 Å². The van der Waals surface area contributed by atoms with Crippen LogP contribution in [0.25, 0.3) is 0 Å². The number of non-ortho nitro benzene ring substituents is 1. The third-order valence-corrected chi connectivity index (χ3v) is 2.13. The Hall–Kier alpha value is -2.56. The molecule has 17 heavy (non-hydrogen) atoms. The molecular formula is C12H9N2O3. The molecule has 2 N–H and O–H groups in total. The van der Waals surface area contributed by atoms with E-state index in [0.29, 0.717) is 17.2 Å². The highest BCUT2D eigenvalue weighted by molar-refractivity contribution is 5.53. The summed E-state index contributed by atoms with van der Waals surface area (Å²) in [6.07, 6.45) is 0. The number of hydrogen-bond acceptors (Lipinski definition) is 4. The molecule has 2 rings (SSSR count). The molecule has 0 aromatic heterocycles.